The first-order valence-corrected chi connectivity index (χ1v) is 8.00. The van der Waals surface area contributed by atoms with Crippen LogP contribution in [0, 0.1) is 0 Å². The van der Waals surface area contributed by atoms with Crippen LogP contribution in [0.2, 0.25) is 0 Å². The predicted octanol–water partition coefficient (Wildman–Crippen LogP) is 2.18. The maximum Gasteiger partial charge on any atom is 0.234 e. The number of nitrogens with zero attached hydrogens (tertiary/aromatic N) is 1. The Hall–Kier alpha value is -1.27. The largest absolute Gasteiger partial charge is 0.490 e. The van der Waals surface area contributed by atoms with E-state index in [0.29, 0.717) is 32.8 Å². The average Bonchev–Trinajstić information content (AvgIpc) is 2.44. The summed E-state index contributed by atoms with van der Waals surface area (Å²) < 4.78 is 12.2. The smallest absolute Gasteiger partial charge is 0.234 e. The molecule has 1 aliphatic rings. The van der Waals surface area contributed by atoms with Crippen molar-refractivity contribution in [2.45, 2.75) is 20.4 Å². The van der Waals surface area contributed by atoms with Gasteiger partial charge in [0, 0.05) is 24.1 Å². The van der Waals surface area contributed by atoms with Crippen LogP contribution in [0.4, 0.5) is 0 Å². The van der Waals surface area contributed by atoms with E-state index in [-0.39, 0.29) is 5.91 Å². The van der Waals surface area contributed by atoms with Crippen molar-refractivity contribution in [3.63, 3.8) is 0 Å². The number of rotatable bonds is 6. The van der Waals surface area contributed by atoms with Gasteiger partial charge in [-0.25, -0.2) is 0 Å². The van der Waals surface area contributed by atoms with Gasteiger partial charge in [-0.2, -0.15) is 0 Å². The van der Waals surface area contributed by atoms with Gasteiger partial charge in [0.2, 0.25) is 5.91 Å². The first-order valence-electron chi connectivity index (χ1n) is 7.21. The first-order chi connectivity index (χ1) is 10.1. The second kappa shape index (κ2) is 7.66. The Morgan fingerprint density at radius 2 is 1.90 bits per heavy atom. The SMILES string of the molecule is CCOc1cc(Br)c(CN2CCNC(=O)C2)cc1OCC. The fourth-order valence-electron chi connectivity index (χ4n) is 2.30. The minimum Gasteiger partial charge on any atom is -0.490 e. The fraction of sp³-hybridized carbons (Fsp3) is 0.533. The summed E-state index contributed by atoms with van der Waals surface area (Å²) in [7, 11) is 0. The zero-order valence-electron chi connectivity index (χ0n) is 12.4. The summed E-state index contributed by atoms with van der Waals surface area (Å²) in [4.78, 5) is 13.6. The number of carbonyl (C=O) groups excluding carboxylic acids is 1. The average molecular weight is 357 g/mol. The molecule has 1 heterocycles. The van der Waals surface area contributed by atoms with E-state index in [2.05, 4.69) is 26.1 Å². The van der Waals surface area contributed by atoms with E-state index in [4.69, 9.17) is 9.47 Å². The summed E-state index contributed by atoms with van der Waals surface area (Å²) in [5, 5.41) is 2.83. The Bertz CT molecular complexity index is 508. The molecule has 0 atom stereocenters. The number of halogens is 1. The van der Waals surface area contributed by atoms with Crippen LogP contribution < -0.4 is 14.8 Å². The number of ether oxygens (including phenoxy) is 2. The lowest BCUT2D eigenvalue weighted by Crippen LogP contribution is -2.47. The molecular formula is C15H21BrN2O3. The molecule has 1 amide bonds. The van der Waals surface area contributed by atoms with Crippen molar-refractivity contribution in [3.05, 3.63) is 22.2 Å². The third kappa shape index (κ3) is 4.35. The number of hydrogen-bond acceptors (Lipinski definition) is 4. The van der Waals surface area contributed by atoms with Gasteiger partial charge in [-0.05, 0) is 31.5 Å². The number of hydrogen-bond donors (Lipinski definition) is 1. The minimum absolute atomic E-state index is 0.0772. The molecule has 0 unspecified atom stereocenters. The van der Waals surface area contributed by atoms with Crippen molar-refractivity contribution >= 4 is 21.8 Å². The number of piperazine rings is 1. The third-order valence-electron chi connectivity index (χ3n) is 3.22. The molecule has 1 aliphatic heterocycles. The standard InChI is InChI=1S/C15H21BrN2O3/c1-3-20-13-7-11(12(16)8-14(13)21-4-2)9-18-6-5-17-15(19)10-18/h7-8H,3-6,9-10H2,1-2H3,(H,17,19). The highest BCUT2D eigenvalue weighted by atomic mass is 79.9. The molecule has 1 fully saturated rings. The molecule has 1 aromatic rings. The summed E-state index contributed by atoms with van der Waals surface area (Å²) in [5.74, 6) is 1.57. The lowest BCUT2D eigenvalue weighted by atomic mass is 10.1. The van der Waals surface area contributed by atoms with E-state index in [1.807, 2.05) is 26.0 Å². The molecule has 0 aromatic heterocycles. The number of amides is 1. The van der Waals surface area contributed by atoms with Crippen molar-refractivity contribution in [1.29, 1.82) is 0 Å². The van der Waals surface area contributed by atoms with Gasteiger partial charge in [0.25, 0.3) is 0 Å². The van der Waals surface area contributed by atoms with Gasteiger partial charge in [-0.1, -0.05) is 15.9 Å². The Morgan fingerprint density at radius 3 is 2.52 bits per heavy atom. The van der Waals surface area contributed by atoms with Gasteiger partial charge >= 0.3 is 0 Å². The van der Waals surface area contributed by atoms with Gasteiger partial charge < -0.3 is 14.8 Å². The van der Waals surface area contributed by atoms with Crippen LogP contribution in [0.1, 0.15) is 19.4 Å². The summed E-state index contributed by atoms with van der Waals surface area (Å²) >= 11 is 3.58. The molecule has 21 heavy (non-hydrogen) atoms. The Morgan fingerprint density at radius 1 is 1.24 bits per heavy atom. The summed E-state index contributed by atoms with van der Waals surface area (Å²) in [5.41, 5.74) is 1.09. The van der Waals surface area contributed by atoms with Crippen LogP contribution in [0.25, 0.3) is 0 Å². The zero-order chi connectivity index (χ0) is 15.2. The van der Waals surface area contributed by atoms with Crippen LogP contribution in [0.3, 0.4) is 0 Å². The molecule has 0 radical (unpaired) electrons. The number of nitrogens with one attached hydrogen (secondary N) is 1. The zero-order valence-corrected chi connectivity index (χ0v) is 14.0. The number of carbonyl (C=O) groups is 1. The first kappa shape index (κ1) is 16.1. The summed E-state index contributed by atoms with van der Waals surface area (Å²) in [6.45, 7) is 7.78. The van der Waals surface area contributed by atoms with E-state index >= 15 is 0 Å². The van der Waals surface area contributed by atoms with Gasteiger partial charge in [-0.3, -0.25) is 9.69 Å². The van der Waals surface area contributed by atoms with E-state index in [1.165, 1.54) is 0 Å². The van der Waals surface area contributed by atoms with Crippen LogP contribution in [-0.4, -0.2) is 43.7 Å². The molecule has 0 aliphatic carbocycles. The molecular weight excluding hydrogens is 336 g/mol. The van der Waals surface area contributed by atoms with Crippen LogP contribution in [-0.2, 0) is 11.3 Å². The van der Waals surface area contributed by atoms with Crippen molar-refractivity contribution in [2.24, 2.45) is 0 Å². The second-order valence-electron chi connectivity index (χ2n) is 4.82. The molecule has 0 saturated carbocycles. The Kier molecular flexibility index (Phi) is 5.87. The predicted molar refractivity (Wildman–Crippen MR) is 84.8 cm³/mol. The maximum atomic E-state index is 11.4. The van der Waals surface area contributed by atoms with Crippen molar-refractivity contribution < 1.29 is 14.3 Å². The Labute approximate surface area is 133 Å². The van der Waals surface area contributed by atoms with E-state index < -0.39 is 0 Å². The molecule has 6 heteroatoms. The minimum atomic E-state index is 0.0772. The normalized spacial score (nSPS) is 15.7. The molecule has 2 rings (SSSR count). The molecule has 0 bridgehead atoms. The summed E-state index contributed by atoms with van der Waals surface area (Å²) in [6.07, 6.45) is 0. The topological polar surface area (TPSA) is 50.8 Å². The lowest BCUT2D eigenvalue weighted by molar-refractivity contribution is -0.124. The second-order valence-corrected chi connectivity index (χ2v) is 5.67. The van der Waals surface area contributed by atoms with Gasteiger partial charge in [-0.15, -0.1) is 0 Å². The lowest BCUT2D eigenvalue weighted by Gasteiger charge is -2.27. The van der Waals surface area contributed by atoms with Gasteiger partial charge in [0.05, 0.1) is 19.8 Å². The van der Waals surface area contributed by atoms with E-state index in [0.717, 1.165) is 28.1 Å². The van der Waals surface area contributed by atoms with Gasteiger partial charge in [0.15, 0.2) is 11.5 Å². The monoisotopic (exact) mass is 356 g/mol. The van der Waals surface area contributed by atoms with Crippen LogP contribution in [0.15, 0.2) is 16.6 Å². The van der Waals surface area contributed by atoms with Crippen LogP contribution in [0.5, 0.6) is 11.5 Å². The molecule has 0 spiro atoms. The van der Waals surface area contributed by atoms with Crippen molar-refractivity contribution in [3.8, 4) is 11.5 Å². The van der Waals surface area contributed by atoms with Crippen molar-refractivity contribution in [1.82, 2.24) is 10.2 Å². The van der Waals surface area contributed by atoms with Crippen molar-refractivity contribution in [2.75, 3.05) is 32.8 Å². The fourth-order valence-corrected chi connectivity index (χ4v) is 2.75. The third-order valence-corrected chi connectivity index (χ3v) is 3.96. The highest BCUT2D eigenvalue weighted by molar-refractivity contribution is 9.10. The molecule has 1 N–H and O–H groups in total. The highest BCUT2D eigenvalue weighted by Gasteiger charge is 2.18. The molecule has 1 saturated heterocycles. The Balaban J connectivity index is 2.18. The summed E-state index contributed by atoms with van der Waals surface area (Å²) in [6, 6.07) is 3.93. The molecule has 5 nitrogen and oxygen atoms in total. The van der Waals surface area contributed by atoms with Crippen LogP contribution >= 0.6 is 15.9 Å². The highest BCUT2D eigenvalue weighted by Crippen LogP contribution is 2.34. The van der Waals surface area contributed by atoms with Gasteiger partial charge in [0.1, 0.15) is 0 Å². The number of benzene rings is 1. The molecule has 1 aromatic carbocycles. The van der Waals surface area contributed by atoms with E-state index in [1.54, 1.807) is 0 Å². The van der Waals surface area contributed by atoms with E-state index in [9.17, 15) is 4.79 Å². The molecule has 116 valence electrons. The quantitative estimate of drug-likeness (QED) is 0.848. The maximum absolute atomic E-state index is 11.4.